The van der Waals surface area contributed by atoms with Gasteiger partial charge in [-0.05, 0) is 18.2 Å². The number of aryl methyl sites for hydroxylation is 1. The summed E-state index contributed by atoms with van der Waals surface area (Å²) in [6, 6.07) is 1.40. The van der Waals surface area contributed by atoms with Gasteiger partial charge in [-0.15, -0.1) is 0 Å². The molecule has 0 bridgehead atoms. The highest BCUT2D eigenvalue weighted by Crippen LogP contribution is 2.52. The SMILES string of the molecule is [B]c1ccc2nc(C)n(C3C(=O)NC(=O)C([B])([B])C3([B])[B])c(=O)c2c1N. The molecule has 10 radical (unpaired) electrons. The Morgan fingerprint density at radius 2 is 1.81 bits per heavy atom. The first-order valence-electron chi connectivity index (χ1n) is 7.49. The van der Waals surface area contributed by atoms with Gasteiger partial charge in [-0.1, -0.05) is 16.7 Å². The van der Waals surface area contributed by atoms with E-state index in [2.05, 4.69) is 4.98 Å². The second-order valence-electron chi connectivity index (χ2n) is 6.32. The fourth-order valence-corrected chi connectivity index (χ4v) is 3.00. The Balaban J connectivity index is 2.38. The normalized spacial score (nSPS) is 21.5. The summed E-state index contributed by atoms with van der Waals surface area (Å²) >= 11 is 0. The maximum absolute atomic E-state index is 13.1. The Labute approximate surface area is 155 Å². The van der Waals surface area contributed by atoms with Crippen molar-refractivity contribution in [2.45, 2.75) is 23.4 Å². The molecule has 1 unspecified atom stereocenters. The maximum atomic E-state index is 13.1. The van der Waals surface area contributed by atoms with E-state index in [-0.39, 0.29) is 27.9 Å². The van der Waals surface area contributed by atoms with Crippen LogP contribution in [0.15, 0.2) is 16.9 Å². The van der Waals surface area contributed by atoms with Crippen LogP contribution >= 0.6 is 0 Å². The van der Waals surface area contributed by atoms with Gasteiger partial charge in [-0.25, -0.2) is 4.98 Å². The Bertz CT molecular complexity index is 1030. The minimum Gasteiger partial charge on any atom is -0.398 e. The topological polar surface area (TPSA) is 107 Å². The quantitative estimate of drug-likeness (QED) is 0.332. The van der Waals surface area contributed by atoms with Crippen LogP contribution in [0.5, 0.6) is 0 Å². The van der Waals surface area contributed by atoms with Crippen LogP contribution in [0.4, 0.5) is 5.69 Å². The van der Waals surface area contributed by atoms with Crippen molar-refractivity contribution in [2.75, 3.05) is 5.73 Å². The summed E-state index contributed by atoms with van der Waals surface area (Å²) in [5.41, 5.74) is 5.61. The van der Waals surface area contributed by atoms with Crippen molar-refractivity contribution in [1.29, 1.82) is 0 Å². The van der Waals surface area contributed by atoms with Crippen LogP contribution in [-0.2, 0) is 9.59 Å². The zero-order valence-corrected chi connectivity index (χ0v) is 13.8. The number of nitrogens with two attached hydrogens (primary N) is 1. The Kier molecular flexibility index (Phi) is 3.94. The van der Waals surface area contributed by atoms with Gasteiger partial charge in [-0.2, -0.15) is 0 Å². The number of nitrogens with zero attached hydrogens (tertiary/aromatic N) is 2. The van der Waals surface area contributed by atoms with Crippen LogP contribution in [0.25, 0.3) is 10.9 Å². The van der Waals surface area contributed by atoms with Gasteiger partial charge in [-0.3, -0.25) is 24.3 Å². The summed E-state index contributed by atoms with van der Waals surface area (Å²) < 4.78 is 0.911. The number of carbonyl (C=O) groups is 2. The van der Waals surface area contributed by atoms with Gasteiger partial charge >= 0.3 is 0 Å². The van der Waals surface area contributed by atoms with Gasteiger partial charge in [0.05, 0.1) is 42.3 Å². The third-order valence-corrected chi connectivity index (χ3v) is 4.61. The van der Waals surface area contributed by atoms with E-state index in [0.29, 0.717) is 0 Å². The van der Waals surface area contributed by atoms with Crippen LogP contribution in [0.3, 0.4) is 0 Å². The van der Waals surface area contributed by atoms with Crippen molar-refractivity contribution < 1.29 is 9.59 Å². The number of benzene rings is 1. The van der Waals surface area contributed by atoms with Gasteiger partial charge in [0.25, 0.3) is 5.56 Å². The predicted octanol–water partition coefficient (Wildman–Crippen LogP) is -2.82. The number of aromatic nitrogens is 2. The lowest BCUT2D eigenvalue weighted by molar-refractivity contribution is -0.137. The second-order valence-corrected chi connectivity index (χ2v) is 6.32. The van der Waals surface area contributed by atoms with E-state index in [1.165, 1.54) is 19.1 Å². The highest BCUT2D eigenvalue weighted by molar-refractivity contribution is 6.63. The third-order valence-electron chi connectivity index (χ3n) is 4.61. The standard InChI is InChI=1S/C14H9B5N4O3/c1-4-21-6-3-2-5(15)8(20)7(6)11(25)23(4)9-10(24)22-12(26)14(18,19)13(9,16)17/h2-3,9H,20H2,1H3,(H,22,24,26). The molecule has 7 nitrogen and oxygen atoms in total. The van der Waals surface area contributed by atoms with Gasteiger partial charge in [0.2, 0.25) is 11.8 Å². The molecule has 3 N–H and O–H groups in total. The summed E-state index contributed by atoms with van der Waals surface area (Å²) in [5.74, 6) is -1.91. The summed E-state index contributed by atoms with van der Waals surface area (Å²) in [7, 11) is 29.2. The molecule has 3 rings (SSSR count). The minimum absolute atomic E-state index is 0.00699. The van der Waals surface area contributed by atoms with E-state index in [0.717, 1.165) is 4.57 Å². The highest BCUT2D eigenvalue weighted by Gasteiger charge is 2.54. The molecule has 1 aromatic carbocycles. The number of nitrogens with one attached hydrogen (secondary N) is 1. The molecule has 1 fully saturated rings. The summed E-state index contributed by atoms with van der Waals surface area (Å²) in [5, 5.41) is -2.66. The molecule has 1 atom stereocenters. The maximum Gasteiger partial charge on any atom is 0.264 e. The number of nitrogen functional groups attached to an aromatic ring is 1. The van der Waals surface area contributed by atoms with Crippen LogP contribution in [0.1, 0.15) is 11.9 Å². The summed E-state index contributed by atoms with van der Waals surface area (Å²) in [4.78, 5) is 41.7. The number of hydrogen-bond acceptors (Lipinski definition) is 5. The van der Waals surface area contributed by atoms with Crippen molar-refractivity contribution >= 4 is 73.1 Å². The molecule has 1 aliphatic heterocycles. The molecule has 12 heteroatoms. The molecule has 1 saturated heterocycles. The number of rotatable bonds is 1. The van der Waals surface area contributed by atoms with Crippen molar-refractivity contribution in [3.05, 3.63) is 28.3 Å². The predicted molar refractivity (Wildman–Crippen MR) is 101 cm³/mol. The molecule has 2 amide bonds. The van der Waals surface area contributed by atoms with Crippen LogP contribution in [0, 0.1) is 6.92 Å². The second kappa shape index (κ2) is 5.56. The smallest absolute Gasteiger partial charge is 0.264 e. The lowest BCUT2D eigenvalue weighted by atomic mass is 9.26. The number of amides is 2. The van der Waals surface area contributed by atoms with Crippen molar-refractivity contribution in [3.8, 4) is 0 Å². The molecule has 2 heterocycles. The number of hydrogen-bond donors (Lipinski definition) is 2. The van der Waals surface area contributed by atoms with E-state index in [4.69, 9.17) is 45.0 Å². The Hall–Kier alpha value is -2.38. The highest BCUT2D eigenvalue weighted by atomic mass is 16.2. The number of carbonyl (C=O) groups excluding carboxylic acids is 2. The molecule has 1 aliphatic rings. The fraction of sp³-hybridized carbons (Fsp3) is 0.286. The van der Waals surface area contributed by atoms with Gasteiger partial charge < -0.3 is 5.73 Å². The minimum atomic E-state index is -2.33. The number of anilines is 1. The average Bonchev–Trinajstić information content (AvgIpc) is 2.52. The molecule has 26 heavy (non-hydrogen) atoms. The molecule has 0 spiro atoms. The largest absolute Gasteiger partial charge is 0.398 e. The molecule has 1 aromatic heterocycles. The van der Waals surface area contributed by atoms with Gasteiger partial charge in [0.1, 0.15) is 19.7 Å². The van der Waals surface area contributed by atoms with E-state index in [1.54, 1.807) is 0 Å². The molecule has 0 aliphatic carbocycles. The van der Waals surface area contributed by atoms with Crippen LogP contribution in [0.2, 0.25) is 10.4 Å². The summed E-state index contributed by atoms with van der Waals surface area (Å²) in [6.07, 6.45) is 0. The molecule has 2 aromatic rings. The monoisotopic (exact) mass is 336 g/mol. The average molecular weight is 335 g/mol. The Morgan fingerprint density at radius 3 is 2.42 bits per heavy atom. The zero-order chi connectivity index (χ0) is 19.6. The number of piperidine rings is 1. The zero-order valence-electron chi connectivity index (χ0n) is 13.8. The van der Waals surface area contributed by atoms with E-state index in [1.807, 2.05) is 5.32 Å². The van der Waals surface area contributed by atoms with E-state index < -0.39 is 33.8 Å². The van der Waals surface area contributed by atoms with Crippen molar-refractivity contribution in [2.24, 2.45) is 0 Å². The van der Waals surface area contributed by atoms with E-state index >= 15 is 0 Å². The summed E-state index contributed by atoms with van der Waals surface area (Å²) in [6.45, 7) is 1.46. The van der Waals surface area contributed by atoms with Gasteiger partial charge in [0, 0.05) is 5.69 Å². The lowest BCUT2D eigenvalue weighted by Crippen LogP contribution is -2.61. The van der Waals surface area contributed by atoms with Crippen LogP contribution < -0.4 is 22.1 Å². The lowest BCUT2D eigenvalue weighted by Gasteiger charge is -2.51. The third kappa shape index (κ3) is 2.27. The number of imide groups is 1. The first kappa shape index (κ1) is 18.4. The van der Waals surface area contributed by atoms with E-state index in [9.17, 15) is 14.4 Å². The van der Waals surface area contributed by atoms with Gasteiger partial charge in [0.15, 0.2) is 0 Å². The number of fused-ring (bicyclic) bond motifs is 1. The fourth-order valence-electron chi connectivity index (χ4n) is 3.00. The Morgan fingerprint density at radius 1 is 1.19 bits per heavy atom. The van der Waals surface area contributed by atoms with Crippen molar-refractivity contribution in [3.63, 3.8) is 0 Å². The van der Waals surface area contributed by atoms with Crippen molar-refractivity contribution in [1.82, 2.24) is 14.9 Å². The first-order chi connectivity index (χ1) is 11.9. The molecule has 118 valence electrons. The molecular formula is C14H9B5N4O3. The molecule has 0 saturated carbocycles. The van der Waals surface area contributed by atoms with Crippen LogP contribution in [-0.4, -0.2) is 60.6 Å². The molecular weight excluding hydrogens is 326 g/mol. The first-order valence-corrected chi connectivity index (χ1v) is 7.49.